The third-order valence-electron chi connectivity index (χ3n) is 7.79. The molecule has 0 bridgehead atoms. The summed E-state index contributed by atoms with van der Waals surface area (Å²) in [6, 6.07) is 53.9. The van der Waals surface area contributed by atoms with Gasteiger partial charge in [-0.1, -0.05) is 103 Å². The largest absolute Gasteiger partial charge is 0.456 e. The Labute approximate surface area is 232 Å². The van der Waals surface area contributed by atoms with Gasteiger partial charge < -0.3 is 9.32 Å². The lowest BCUT2D eigenvalue weighted by molar-refractivity contribution is 0.631. The van der Waals surface area contributed by atoms with Crippen LogP contribution in [0.2, 0.25) is 0 Å². The second kappa shape index (κ2) is 9.14. The van der Waals surface area contributed by atoms with Crippen LogP contribution in [0.25, 0.3) is 54.6 Å². The molecule has 2 nitrogen and oxygen atoms in total. The van der Waals surface area contributed by atoms with Gasteiger partial charge in [0.05, 0.1) is 0 Å². The molecule has 8 aromatic rings. The smallest absolute Gasteiger partial charge is 0.135 e. The maximum atomic E-state index is 6.24. The summed E-state index contributed by atoms with van der Waals surface area (Å²) in [5.74, 6) is 0.867. The van der Waals surface area contributed by atoms with Gasteiger partial charge in [-0.15, -0.1) is 0 Å². The Morgan fingerprint density at radius 2 is 1.00 bits per heavy atom. The number of hydrogen-bond donors (Lipinski definition) is 0. The average Bonchev–Trinajstić information content (AvgIpc) is 3.46. The molecule has 0 aliphatic carbocycles. The van der Waals surface area contributed by atoms with Gasteiger partial charge in [0.1, 0.15) is 11.3 Å². The third-order valence-corrected chi connectivity index (χ3v) is 7.79. The highest BCUT2D eigenvalue weighted by molar-refractivity contribution is 6.08. The summed E-state index contributed by atoms with van der Waals surface area (Å²) in [7, 11) is 0. The Balaban J connectivity index is 1.32. The SMILES string of the molecule is c1cc(-c2cc3ccccc3o2)cc(N(c2ccc3ccccc3c2)c2ccc3c(ccc4ccccc43)c2)c1. The lowest BCUT2D eigenvalue weighted by atomic mass is 10.0. The summed E-state index contributed by atoms with van der Waals surface area (Å²) in [5, 5.41) is 8.56. The van der Waals surface area contributed by atoms with Crippen LogP contribution in [-0.4, -0.2) is 0 Å². The second-order valence-corrected chi connectivity index (χ2v) is 10.3. The molecule has 0 spiro atoms. The second-order valence-electron chi connectivity index (χ2n) is 10.3. The monoisotopic (exact) mass is 511 g/mol. The van der Waals surface area contributed by atoms with Gasteiger partial charge in [-0.2, -0.15) is 0 Å². The van der Waals surface area contributed by atoms with Crippen molar-refractivity contribution < 1.29 is 4.42 Å². The van der Waals surface area contributed by atoms with Gasteiger partial charge >= 0.3 is 0 Å². The Hall–Kier alpha value is -5.34. The summed E-state index contributed by atoms with van der Waals surface area (Å²) >= 11 is 0. The summed E-state index contributed by atoms with van der Waals surface area (Å²) < 4.78 is 6.24. The first-order valence-electron chi connectivity index (χ1n) is 13.6. The van der Waals surface area contributed by atoms with E-state index < -0.39 is 0 Å². The zero-order valence-electron chi connectivity index (χ0n) is 21.8. The number of nitrogens with zero attached hydrogens (tertiary/aromatic N) is 1. The first-order chi connectivity index (χ1) is 19.8. The maximum absolute atomic E-state index is 6.24. The van der Waals surface area contributed by atoms with Crippen LogP contribution in [0, 0.1) is 0 Å². The van der Waals surface area contributed by atoms with Gasteiger partial charge in [-0.25, -0.2) is 0 Å². The van der Waals surface area contributed by atoms with Crippen molar-refractivity contribution in [3.63, 3.8) is 0 Å². The van der Waals surface area contributed by atoms with Crippen molar-refractivity contribution in [2.45, 2.75) is 0 Å². The van der Waals surface area contributed by atoms with Crippen molar-refractivity contribution in [2.24, 2.45) is 0 Å². The maximum Gasteiger partial charge on any atom is 0.135 e. The fourth-order valence-electron chi connectivity index (χ4n) is 5.82. The van der Waals surface area contributed by atoms with Crippen LogP contribution in [0.3, 0.4) is 0 Å². The normalized spacial score (nSPS) is 11.5. The molecule has 40 heavy (non-hydrogen) atoms. The molecule has 8 rings (SSSR count). The van der Waals surface area contributed by atoms with Gasteiger partial charge in [0.25, 0.3) is 0 Å². The van der Waals surface area contributed by atoms with E-state index in [9.17, 15) is 0 Å². The van der Waals surface area contributed by atoms with Crippen molar-refractivity contribution in [1.82, 2.24) is 0 Å². The van der Waals surface area contributed by atoms with E-state index in [1.165, 1.54) is 32.3 Å². The standard InChI is InChI=1S/C38H25NO/c1-2-10-28-22-33(19-18-26(28)8-1)39(34-20-21-36-29(23-34)17-16-27-9-3-5-14-35(27)36)32-13-7-12-30(24-32)38-25-31-11-4-6-15-37(31)40-38/h1-25H. The van der Waals surface area contributed by atoms with E-state index in [2.05, 4.69) is 138 Å². The van der Waals surface area contributed by atoms with Crippen LogP contribution < -0.4 is 4.90 Å². The van der Waals surface area contributed by atoms with Crippen molar-refractivity contribution >= 4 is 60.3 Å². The molecule has 0 atom stereocenters. The molecular formula is C38H25NO. The van der Waals surface area contributed by atoms with E-state index in [1.807, 2.05) is 18.2 Å². The molecule has 1 heterocycles. The van der Waals surface area contributed by atoms with Crippen molar-refractivity contribution in [2.75, 3.05) is 4.90 Å². The minimum Gasteiger partial charge on any atom is -0.456 e. The predicted octanol–water partition coefficient (Wildman–Crippen LogP) is 11.0. The third kappa shape index (κ3) is 3.81. The fraction of sp³-hybridized carbons (Fsp3) is 0. The lowest BCUT2D eigenvalue weighted by Gasteiger charge is -2.26. The Morgan fingerprint density at radius 3 is 1.88 bits per heavy atom. The topological polar surface area (TPSA) is 16.4 Å². The molecule has 0 aliphatic rings. The predicted molar refractivity (Wildman–Crippen MR) is 169 cm³/mol. The van der Waals surface area contributed by atoms with Crippen LogP contribution in [-0.2, 0) is 0 Å². The molecule has 0 saturated heterocycles. The van der Waals surface area contributed by atoms with Crippen LogP contribution >= 0.6 is 0 Å². The van der Waals surface area contributed by atoms with Gasteiger partial charge in [0.2, 0.25) is 0 Å². The first-order valence-corrected chi connectivity index (χ1v) is 13.6. The molecule has 7 aromatic carbocycles. The zero-order valence-corrected chi connectivity index (χ0v) is 21.8. The van der Waals surface area contributed by atoms with Crippen LogP contribution in [0.15, 0.2) is 156 Å². The number of fused-ring (bicyclic) bond motifs is 5. The van der Waals surface area contributed by atoms with Crippen molar-refractivity contribution in [1.29, 1.82) is 0 Å². The van der Waals surface area contributed by atoms with Gasteiger partial charge in [0.15, 0.2) is 0 Å². The molecule has 0 unspecified atom stereocenters. The molecule has 0 N–H and O–H groups in total. The van der Waals surface area contributed by atoms with Crippen LogP contribution in [0.4, 0.5) is 17.1 Å². The summed E-state index contributed by atoms with van der Waals surface area (Å²) in [6.07, 6.45) is 0. The quantitative estimate of drug-likeness (QED) is 0.218. The first kappa shape index (κ1) is 22.6. The number of para-hydroxylation sites is 1. The molecule has 0 radical (unpaired) electrons. The van der Waals surface area contributed by atoms with E-state index in [0.29, 0.717) is 0 Å². The minimum absolute atomic E-state index is 0.867. The van der Waals surface area contributed by atoms with Crippen LogP contribution in [0.5, 0.6) is 0 Å². The lowest BCUT2D eigenvalue weighted by Crippen LogP contribution is -2.10. The van der Waals surface area contributed by atoms with E-state index in [0.717, 1.165) is 39.4 Å². The summed E-state index contributed by atoms with van der Waals surface area (Å²) in [5.41, 5.74) is 5.25. The van der Waals surface area contributed by atoms with Crippen molar-refractivity contribution in [3.8, 4) is 11.3 Å². The van der Waals surface area contributed by atoms with E-state index in [4.69, 9.17) is 4.42 Å². The Bertz CT molecular complexity index is 2160. The minimum atomic E-state index is 0.867. The molecule has 1 aromatic heterocycles. The Kier molecular flexibility index (Phi) is 5.17. The molecule has 0 amide bonds. The molecule has 188 valence electrons. The number of benzene rings is 7. The van der Waals surface area contributed by atoms with E-state index in [-0.39, 0.29) is 0 Å². The number of anilines is 3. The molecule has 0 fully saturated rings. The van der Waals surface area contributed by atoms with Gasteiger partial charge in [-0.05, 0) is 80.8 Å². The summed E-state index contributed by atoms with van der Waals surface area (Å²) in [4.78, 5) is 2.34. The summed E-state index contributed by atoms with van der Waals surface area (Å²) in [6.45, 7) is 0. The highest BCUT2D eigenvalue weighted by Gasteiger charge is 2.16. The fourth-order valence-corrected chi connectivity index (χ4v) is 5.82. The highest BCUT2D eigenvalue weighted by Crippen LogP contribution is 2.40. The number of rotatable bonds is 4. The zero-order chi connectivity index (χ0) is 26.5. The average molecular weight is 512 g/mol. The Morgan fingerprint density at radius 1 is 0.375 bits per heavy atom. The van der Waals surface area contributed by atoms with Crippen molar-refractivity contribution in [3.05, 3.63) is 152 Å². The van der Waals surface area contributed by atoms with Crippen LogP contribution in [0.1, 0.15) is 0 Å². The van der Waals surface area contributed by atoms with E-state index in [1.54, 1.807) is 0 Å². The molecule has 0 aliphatic heterocycles. The van der Waals surface area contributed by atoms with E-state index >= 15 is 0 Å². The molecule has 0 saturated carbocycles. The number of furan rings is 1. The van der Waals surface area contributed by atoms with Gasteiger partial charge in [0, 0.05) is 28.0 Å². The number of hydrogen-bond acceptors (Lipinski definition) is 2. The molecule has 2 heteroatoms. The molecular weight excluding hydrogens is 486 g/mol. The highest BCUT2D eigenvalue weighted by atomic mass is 16.3. The van der Waals surface area contributed by atoms with Gasteiger partial charge in [-0.3, -0.25) is 0 Å².